The summed E-state index contributed by atoms with van der Waals surface area (Å²) in [7, 11) is 1.53. The first-order chi connectivity index (χ1) is 14.0. The molecule has 0 radical (unpaired) electrons. The summed E-state index contributed by atoms with van der Waals surface area (Å²) in [6, 6.07) is 12.4. The predicted molar refractivity (Wildman–Crippen MR) is 116 cm³/mol. The number of halogens is 1. The predicted octanol–water partition coefficient (Wildman–Crippen LogP) is 3.75. The number of methoxy groups -OCH3 is 1. The number of carbonyl (C=O) groups is 2. The molecule has 29 heavy (non-hydrogen) atoms. The fraction of sp³-hybridized carbons (Fsp3) is 0.190. The monoisotopic (exact) mass is 459 g/mol. The second kappa shape index (κ2) is 11.0. The second-order valence-electron chi connectivity index (χ2n) is 5.90. The van der Waals surface area contributed by atoms with Crippen LogP contribution in [0, 0.1) is 5.92 Å². The zero-order valence-corrected chi connectivity index (χ0v) is 17.7. The number of anilines is 1. The summed E-state index contributed by atoms with van der Waals surface area (Å²) in [5.74, 6) is -0.916. The maximum Gasteiger partial charge on any atom is 0.252 e. The van der Waals surface area contributed by atoms with Crippen LogP contribution < -0.4 is 20.2 Å². The van der Waals surface area contributed by atoms with Crippen LogP contribution in [0.1, 0.15) is 12.5 Å². The van der Waals surface area contributed by atoms with Crippen molar-refractivity contribution in [2.45, 2.75) is 6.92 Å². The van der Waals surface area contributed by atoms with Crippen LogP contribution in [-0.2, 0) is 9.59 Å². The fourth-order valence-corrected chi connectivity index (χ4v) is 2.66. The van der Waals surface area contributed by atoms with E-state index < -0.39 is 17.7 Å². The van der Waals surface area contributed by atoms with Crippen molar-refractivity contribution >= 4 is 39.6 Å². The standard InChI is InChI=1S/C21H22BrN3O4/c1-4-12-29-19-15(8-7-11-18(19)28-3)13-23-25-21(27)14(2)20(26)24-17-10-6-5-9-16(17)22/h4-11,13-14H,1,12H2,2-3H3,(H,24,26)(H,25,27). The quantitative estimate of drug-likeness (QED) is 0.258. The van der Waals surface area contributed by atoms with Gasteiger partial charge in [-0.3, -0.25) is 9.59 Å². The maximum absolute atomic E-state index is 12.3. The summed E-state index contributed by atoms with van der Waals surface area (Å²) in [4.78, 5) is 24.6. The Balaban J connectivity index is 2.02. The van der Waals surface area contributed by atoms with Gasteiger partial charge in [-0.25, -0.2) is 5.43 Å². The van der Waals surface area contributed by atoms with Gasteiger partial charge >= 0.3 is 0 Å². The third-order valence-electron chi connectivity index (χ3n) is 3.87. The van der Waals surface area contributed by atoms with E-state index in [1.807, 2.05) is 6.07 Å². The van der Waals surface area contributed by atoms with Gasteiger partial charge in [0.15, 0.2) is 11.5 Å². The molecule has 8 heteroatoms. The van der Waals surface area contributed by atoms with Gasteiger partial charge in [-0.2, -0.15) is 5.10 Å². The van der Waals surface area contributed by atoms with E-state index >= 15 is 0 Å². The average Bonchev–Trinajstić information content (AvgIpc) is 2.73. The molecular weight excluding hydrogens is 438 g/mol. The molecule has 0 saturated carbocycles. The molecule has 0 aromatic heterocycles. The van der Waals surface area contributed by atoms with E-state index in [1.165, 1.54) is 20.2 Å². The van der Waals surface area contributed by atoms with Crippen LogP contribution in [0.2, 0.25) is 0 Å². The van der Waals surface area contributed by atoms with Gasteiger partial charge in [-0.15, -0.1) is 0 Å². The summed E-state index contributed by atoms with van der Waals surface area (Å²) in [5, 5.41) is 6.64. The van der Waals surface area contributed by atoms with Crippen LogP contribution >= 0.6 is 15.9 Å². The Morgan fingerprint density at radius 3 is 2.66 bits per heavy atom. The van der Waals surface area contributed by atoms with Gasteiger partial charge in [-0.1, -0.05) is 30.9 Å². The van der Waals surface area contributed by atoms with E-state index in [2.05, 4.69) is 38.4 Å². The molecule has 0 saturated heterocycles. The molecule has 2 rings (SSSR count). The van der Waals surface area contributed by atoms with Gasteiger partial charge in [0.25, 0.3) is 5.91 Å². The molecule has 0 fully saturated rings. The lowest BCUT2D eigenvalue weighted by Gasteiger charge is -2.12. The maximum atomic E-state index is 12.3. The van der Waals surface area contributed by atoms with Crippen LogP contribution in [-0.4, -0.2) is 31.7 Å². The van der Waals surface area contributed by atoms with Crippen LogP contribution in [0.15, 0.2) is 64.7 Å². The molecule has 152 valence electrons. The number of para-hydroxylation sites is 2. The first-order valence-electron chi connectivity index (χ1n) is 8.77. The molecule has 1 atom stereocenters. The van der Waals surface area contributed by atoms with Gasteiger partial charge in [-0.05, 0) is 47.1 Å². The molecule has 2 aromatic carbocycles. The Hall–Kier alpha value is -3.13. The number of amides is 2. The van der Waals surface area contributed by atoms with Crippen molar-refractivity contribution in [3.8, 4) is 11.5 Å². The Kier molecular flexibility index (Phi) is 8.42. The molecule has 0 aliphatic heterocycles. The highest BCUT2D eigenvalue weighted by molar-refractivity contribution is 9.10. The zero-order valence-electron chi connectivity index (χ0n) is 16.1. The van der Waals surface area contributed by atoms with Crippen molar-refractivity contribution in [3.05, 3.63) is 65.2 Å². The van der Waals surface area contributed by atoms with Crippen LogP contribution in [0.4, 0.5) is 5.69 Å². The number of hydrogen-bond donors (Lipinski definition) is 2. The number of nitrogens with zero attached hydrogens (tertiary/aromatic N) is 1. The van der Waals surface area contributed by atoms with Gasteiger partial charge in [0.2, 0.25) is 5.91 Å². The molecule has 7 nitrogen and oxygen atoms in total. The molecule has 0 aliphatic carbocycles. The average molecular weight is 460 g/mol. The topological polar surface area (TPSA) is 89.0 Å². The van der Waals surface area contributed by atoms with E-state index in [-0.39, 0.29) is 0 Å². The van der Waals surface area contributed by atoms with Crippen LogP contribution in [0.3, 0.4) is 0 Å². The minimum atomic E-state index is -0.943. The van der Waals surface area contributed by atoms with Crippen molar-refractivity contribution in [2.75, 3.05) is 19.0 Å². The van der Waals surface area contributed by atoms with Gasteiger partial charge in [0, 0.05) is 10.0 Å². The summed E-state index contributed by atoms with van der Waals surface area (Å²) in [6.07, 6.45) is 3.04. The fourth-order valence-electron chi connectivity index (χ4n) is 2.28. The number of hydrazone groups is 1. The smallest absolute Gasteiger partial charge is 0.252 e. The molecule has 0 spiro atoms. The molecule has 2 N–H and O–H groups in total. The highest BCUT2D eigenvalue weighted by atomic mass is 79.9. The highest BCUT2D eigenvalue weighted by Crippen LogP contribution is 2.30. The molecule has 0 heterocycles. The normalized spacial score (nSPS) is 11.6. The van der Waals surface area contributed by atoms with E-state index in [0.717, 1.165) is 4.47 Å². The van der Waals surface area contributed by atoms with E-state index in [9.17, 15) is 9.59 Å². The number of rotatable bonds is 9. The lowest BCUT2D eigenvalue weighted by molar-refractivity contribution is -0.131. The summed E-state index contributed by atoms with van der Waals surface area (Å²) in [6.45, 7) is 5.41. The Morgan fingerprint density at radius 2 is 1.97 bits per heavy atom. The molecule has 0 aliphatic rings. The first-order valence-corrected chi connectivity index (χ1v) is 9.56. The molecular formula is C21H22BrN3O4. The van der Waals surface area contributed by atoms with Crippen molar-refractivity contribution < 1.29 is 19.1 Å². The zero-order chi connectivity index (χ0) is 21.2. The van der Waals surface area contributed by atoms with Crippen LogP contribution in [0.25, 0.3) is 0 Å². The van der Waals surface area contributed by atoms with Crippen molar-refractivity contribution in [2.24, 2.45) is 11.0 Å². The number of carbonyl (C=O) groups excluding carboxylic acids is 2. The molecule has 1 unspecified atom stereocenters. The van der Waals surface area contributed by atoms with E-state index in [1.54, 1.807) is 42.5 Å². The summed E-state index contributed by atoms with van der Waals surface area (Å²) >= 11 is 3.35. The summed E-state index contributed by atoms with van der Waals surface area (Å²) < 4.78 is 11.6. The lowest BCUT2D eigenvalue weighted by atomic mass is 10.1. The van der Waals surface area contributed by atoms with Crippen molar-refractivity contribution in [1.82, 2.24) is 5.43 Å². The first kappa shape index (κ1) is 22.2. The van der Waals surface area contributed by atoms with Gasteiger partial charge < -0.3 is 14.8 Å². The molecule has 2 amide bonds. The largest absolute Gasteiger partial charge is 0.493 e. The Morgan fingerprint density at radius 1 is 1.21 bits per heavy atom. The SMILES string of the molecule is C=CCOc1c(C=NNC(=O)C(C)C(=O)Nc2ccccc2Br)cccc1OC. The highest BCUT2D eigenvalue weighted by Gasteiger charge is 2.21. The van der Waals surface area contributed by atoms with Crippen LogP contribution in [0.5, 0.6) is 11.5 Å². The lowest BCUT2D eigenvalue weighted by Crippen LogP contribution is -2.34. The number of hydrogen-bond acceptors (Lipinski definition) is 5. The second-order valence-corrected chi connectivity index (χ2v) is 6.76. The molecule has 2 aromatic rings. The molecule has 0 bridgehead atoms. The Labute approximate surface area is 177 Å². The minimum absolute atomic E-state index is 0.291. The van der Waals surface area contributed by atoms with E-state index in [0.29, 0.717) is 29.4 Å². The van der Waals surface area contributed by atoms with Crippen molar-refractivity contribution in [1.29, 1.82) is 0 Å². The van der Waals surface area contributed by atoms with Gasteiger partial charge in [0.1, 0.15) is 12.5 Å². The number of nitrogens with one attached hydrogen (secondary N) is 2. The summed E-state index contributed by atoms with van der Waals surface area (Å²) in [5.41, 5.74) is 3.57. The van der Waals surface area contributed by atoms with Gasteiger partial charge in [0.05, 0.1) is 19.0 Å². The van der Waals surface area contributed by atoms with E-state index in [4.69, 9.17) is 9.47 Å². The third kappa shape index (κ3) is 6.18. The minimum Gasteiger partial charge on any atom is -0.493 e. The third-order valence-corrected chi connectivity index (χ3v) is 4.56. The number of ether oxygens (including phenoxy) is 2. The Bertz CT molecular complexity index is 915. The van der Waals surface area contributed by atoms with Crippen molar-refractivity contribution in [3.63, 3.8) is 0 Å². The number of benzene rings is 2.